The second-order valence-corrected chi connectivity index (χ2v) is 47.1. The van der Waals surface area contributed by atoms with Gasteiger partial charge < -0.3 is 0 Å². The average Bonchev–Trinajstić information content (AvgIpc) is 1.59. The highest BCUT2D eigenvalue weighted by Crippen LogP contribution is 2.72. The highest BCUT2D eigenvalue weighted by molar-refractivity contribution is 8.35. The van der Waals surface area contributed by atoms with Crippen molar-refractivity contribution < 1.29 is 0 Å². The number of thiol groups is 1. The third kappa shape index (κ3) is 16.7. The van der Waals surface area contributed by atoms with Gasteiger partial charge in [-0.05, 0) is 270 Å². The molecule has 7 aromatic carbocycles. The number of allylic oxidation sites excluding steroid dienone is 14. The van der Waals surface area contributed by atoms with Crippen molar-refractivity contribution >= 4 is 153 Å². The van der Waals surface area contributed by atoms with Gasteiger partial charge in [0, 0.05) is 126 Å². The molecule has 132 heavy (non-hydrogen) atoms. The number of fused-ring (bicyclic) bond motifs is 10. The molecule has 7 aromatic rings. The number of benzene rings is 7. The van der Waals surface area contributed by atoms with Gasteiger partial charge in [0.05, 0.1) is 16.9 Å². The van der Waals surface area contributed by atoms with Crippen molar-refractivity contribution in [3.05, 3.63) is 340 Å². The fraction of sp³-hybridized carbons (Fsp3) is 0.270. The number of hydrogen-bond acceptors (Lipinski definition) is 17. The van der Waals surface area contributed by atoms with E-state index in [0.29, 0.717) is 33.7 Å². The first-order valence-corrected chi connectivity index (χ1v) is 52.4. The molecular weight excluding hydrogens is 1780 g/mol. The van der Waals surface area contributed by atoms with E-state index in [1.807, 2.05) is 106 Å². The minimum absolute atomic E-state index is 0.00294. The van der Waals surface area contributed by atoms with E-state index in [-0.39, 0.29) is 44.0 Å². The second kappa shape index (κ2) is 36.9. The molecule has 23 rings (SSSR count). The topological polar surface area (TPSA) is 190 Å². The molecule has 638 valence electrons. The molecule has 4 aliphatic heterocycles. The Hall–Kier alpha value is -11.4. The van der Waals surface area contributed by atoms with Crippen LogP contribution in [-0.2, 0) is 51.4 Å². The van der Waals surface area contributed by atoms with Gasteiger partial charge >= 0.3 is 0 Å². The Bertz CT molecular complexity index is 7210. The van der Waals surface area contributed by atoms with E-state index in [2.05, 4.69) is 236 Å². The summed E-state index contributed by atoms with van der Waals surface area (Å²) in [4.78, 5) is 12.6. The molecule has 0 saturated heterocycles. The molecule has 4 bridgehead atoms. The minimum atomic E-state index is 0.00294. The number of unbranched alkanes of at least 4 members (excludes halogenated alkanes) is 4. The van der Waals surface area contributed by atoms with Crippen LogP contribution in [0, 0.1) is 148 Å². The van der Waals surface area contributed by atoms with E-state index in [4.69, 9.17) is 0 Å². The molecule has 0 atom stereocenters. The highest BCUT2D eigenvalue weighted by Gasteiger charge is 2.55. The summed E-state index contributed by atoms with van der Waals surface area (Å²) in [6, 6.07) is 60.5. The van der Waals surface area contributed by atoms with Crippen LogP contribution in [0.2, 0.25) is 0 Å². The van der Waals surface area contributed by atoms with Crippen LogP contribution in [0.3, 0.4) is 0 Å². The van der Waals surface area contributed by atoms with Gasteiger partial charge in [-0.25, -0.2) is 0 Å². The lowest BCUT2D eigenvalue weighted by atomic mass is 9.49. The number of nitrogens with zero attached hydrogens (tertiary/aromatic N) is 8. The molecule has 6 fully saturated rings. The minimum Gasteiger partial charge on any atom is -0.192 e. The Morgan fingerprint density at radius 3 is 1.19 bits per heavy atom. The van der Waals surface area contributed by atoms with Gasteiger partial charge in [0.1, 0.15) is 70.8 Å². The van der Waals surface area contributed by atoms with Gasteiger partial charge in [0.25, 0.3) is 0 Å². The lowest BCUT2D eigenvalue weighted by molar-refractivity contribution is 0.0394. The van der Waals surface area contributed by atoms with E-state index in [1.54, 1.807) is 35.4 Å². The molecule has 0 radical (unpaired) electrons. The Kier molecular flexibility index (Phi) is 24.4. The number of nitriles is 8. The zero-order chi connectivity index (χ0) is 89.8. The second-order valence-electron chi connectivity index (χ2n) is 36.8. The Balaban J connectivity index is 0.523. The summed E-state index contributed by atoms with van der Waals surface area (Å²) in [5, 5.41) is 82.3. The average molecular weight is 1870 g/mol. The molecule has 0 unspecified atom stereocenters. The molecule has 0 spiro atoms. The fourth-order valence-electron chi connectivity index (χ4n) is 22.7. The van der Waals surface area contributed by atoms with E-state index in [9.17, 15) is 42.1 Å². The van der Waals surface area contributed by atoms with Gasteiger partial charge in [-0.2, -0.15) is 42.1 Å². The molecule has 12 aliphatic carbocycles. The van der Waals surface area contributed by atoms with Crippen LogP contribution in [0.4, 0.5) is 0 Å². The van der Waals surface area contributed by atoms with E-state index >= 15 is 0 Å². The van der Waals surface area contributed by atoms with Crippen molar-refractivity contribution in [2.24, 2.45) is 21.7 Å². The molecular formula is C115H84N8S9. The summed E-state index contributed by atoms with van der Waals surface area (Å²) in [5.41, 5.74) is 24.0. The van der Waals surface area contributed by atoms with Crippen molar-refractivity contribution in [2.45, 2.75) is 178 Å². The van der Waals surface area contributed by atoms with Crippen LogP contribution in [0.25, 0.3) is 46.6 Å². The molecule has 17 heteroatoms. The molecule has 4 heterocycles. The van der Waals surface area contributed by atoms with Crippen molar-refractivity contribution in [3.8, 4) is 84.1 Å². The van der Waals surface area contributed by atoms with Gasteiger partial charge in [0.2, 0.25) is 0 Å². The monoisotopic (exact) mass is 1860 g/mol. The molecule has 0 aromatic heterocycles. The third-order valence-electron chi connectivity index (χ3n) is 29.9. The lowest BCUT2D eigenvalue weighted by Crippen LogP contribution is -2.43. The Morgan fingerprint density at radius 1 is 0.318 bits per heavy atom. The number of rotatable bonds is 15. The maximum atomic E-state index is 9.99. The number of aryl methyl sites for hydroxylation is 2. The summed E-state index contributed by atoms with van der Waals surface area (Å²) < 4.78 is 5.60. The quantitative estimate of drug-likeness (QED) is 0.0441. The summed E-state index contributed by atoms with van der Waals surface area (Å²) in [5.74, 6) is 21.3. The first kappa shape index (κ1) is 87.3. The fourth-order valence-corrected chi connectivity index (χ4v) is 34.6. The molecule has 8 nitrogen and oxygen atoms in total. The third-order valence-corrected chi connectivity index (χ3v) is 41.8. The standard InChI is InChI=1S/C115H84N8S9/c116-63-80(64-117)89-30-31-90(81(65-118)66-119)97-54-84(53-96(89)97)112-34-40-114(41-35-112,42-36-112)86-57-102-103(58-86)128-110(127-102)108-125-100-51-78-50-79-52-101-107(132-109(126-101)111-129-104-59-87(60-105(104)130-111)115-43-37-113(38-44-115,39-45-115)85-55-98-91(82(67-120)68-121)32-33-92(99(98)56-85)83(69-122)70-123)62-95(79)93(94(78)61-106(100)131-108)23-12-11-20-76-46-75(19-10-9-17-71-14-7-4-8-15-71)47-77(48-76)29-28-73-26-24-72(25-27-73)16-5-2-1-3-6-18-74-21-13-22-88(124)49-74/h4,7-10,13-15,17,19,21-22,24-27,30-33,46-50,53,55,57,59,124H,1-3,5-6,16,18,34-45,51-52,54,56,58,60-62H2/b17-9+,19-10+,110-108-,111-109+. The maximum Gasteiger partial charge on any atom is 0.137 e. The van der Waals surface area contributed by atoms with Gasteiger partial charge in [-0.1, -0.05) is 281 Å². The Morgan fingerprint density at radius 2 is 0.720 bits per heavy atom. The molecule has 16 aliphatic rings. The van der Waals surface area contributed by atoms with E-state index < -0.39 is 0 Å². The molecule has 0 amide bonds. The van der Waals surface area contributed by atoms with Crippen LogP contribution < -0.4 is 20.9 Å². The van der Waals surface area contributed by atoms with Crippen LogP contribution in [0.5, 0.6) is 0 Å². The summed E-state index contributed by atoms with van der Waals surface area (Å²) >= 11 is 20.5. The predicted octanol–water partition coefficient (Wildman–Crippen LogP) is 25.9. The van der Waals surface area contributed by atoms with Gasteiger partial charge in [-0.3, -0.25) is 0 Å². The first-order chi connectivity index (χ1) is 64.6. The van der Waals surface area contributed by atoms with Gasteiger partial charge in [0.15, 0.2) is 0 Å². The van der Waals surface area contributed by atoms with Crippen LogP contribution in [-0.4, -0.2) is 0 Å². The predicted molar refractivity (Wildman–Crippen MR) is 549 cm³/mol. The first-order valence-electron chi connectivity index (χ1n) is 45.5. The van der Waals surface area contributed by atoms with Crippen LogP contribution >= 0.6 is 107 Å². The van der Waals surface area contributed by atoms with Crippen LogP contribution in [0.1, 0.15) is 211 Å². The SMILES string of the molecule is N#CC(C#N)=c1ccc(=C(C#N)C#N)c2c1C=C(C13CCC(C4=CC5=C(C4)S/C(=C4\SC6=C(Cc7c(cc8c(c7C#CC#Cc7cc(C#Cc9ccc(CCCCCCCc%10cccc(S)c%10)cc9)cc(/C=C/C=C/c9ccccc9)c7)CC7=C(C8)S/C(=C8\SC9=C(CC(C%10%11CCC(C%12=Cc%13c(c(=C(C#N)C#N)ccc%13=C(C#N)C#N)C%12)(CC%10)CC%11)=C9)S8)S7)C6)S4)S5)(CC1)CC3)C2. The Labute approximate surface area is 812 Å². The maximum absolute atomic E-state index is 9.99. The van der Waals surface area contributed by atoms with Gasteiger partial charge in [-0.15, -0.1) is 12.6 Å². The van der Waals surface area contributed by atoms with E-state index in [1.165, 1.54) is 133 Å². The van der Waals surface area contributed by atoms with Crippen LogP contribution in [0.15, 0.2) is 235 Å². The van der Waals surface area contributed by atoms with Crippen molar-refractivity contribution in [2.75, 3.05) is 0 Å². The lowest BCUT2D eigenvalue weighted by Gasteiger charge is -2.55. The number of thioether (sulfide) groups is 8. The summed E-state index contributed by atoms with van der Waals surface area (Å²) in [6.45, 7) is 0. The normalized spacial score (nSPS) is 23.2. The van der Waals surface area contributed by atoms with Crippen molar-refractivity contribution in [1.82, 2.24) is 0 Å². The van der Waals surface area contributed by atoms with Crippen molar-refractivity contribution in [3.63, 3.8) is 0 Å². The number of hydrogen-bond donors (Lipinski definition) is 1. The summed E-state index contributed by atoms with van der Waals surface area (Å²) in [6.07, 6.45) is 46.0. The largest absolute Gasteiger partial charge is 0.192 e. The van der Waals surface area contributed by atoms with E-state index in [0.717, 1.165) is 189 Å². The molecule has 0 N–H and O–H groups in total. The highest BCUT2D eigenvalue weighted by atomic mass is 32.2. The zero-order valence-electron chi connectivity index (χ0n) is 72.6. The van der Waals surface area contributed by atoms with Crippen molar-refractivity contribution in [1.29, 1.82) is 42.1 Å². The zero-order valence-corrected chi connectivity index (χ0v) is 80.1. The summed E-state index contributed by atoms with van der Waals surface area (Å²) in [7, 11) is 0. The smallest absolute Gasteiger partial charge is 0.137 e. The molecule has 6 saturated carbocycles.